The zero-order valence-electron chi connectivity index (χ0n) is 9.95. The third-order valence-corrected chi connectivity index (χ3v) is 3.11. The van der Waals surface area contributed by atoms with E-state index in [1.165, 1.54) is 12.1 Å². The third kappa shape index (κ3) is 3.25. The Morgan fingerprint density at radius 3 is 2.76 bits per heavy atom. The van der Waals surface area contributed by atoms with Gasteiger partial charge < -0.3 is 15.2 Å². The van der Waals surface area contributed by atoms with Crippen LogP contribution in [0.25, 0.3) is 0 Å². The smallest absolute Gasteiger partial charge is 0.123 e. The van der Waals surface area contributed by atoms with Crippen LogP contribution in [0.4, 0.5) is 4.39 Å². The minimum atomic E-state index is -0.966. The van der Waals surface area contributed by atoms with Crippen molar-refractivity contribution < 1.29 is 14.2 Å². The maximum atomic E-state index is 12.8. The summed E-state index contributed by atoms with van der Waals surface area (Å²) in [5.74, 6) is -0.288. The molecule has 94 valence electrons. The van der Waals surface area contributed by atoms with Crippen molar-refractivity contribution in [2.75, 3.05) is 19.8 Å². The Balaban J connectivity index is 2.04. The van der Waals surface area contributed by atoms with E-state index in [2.05, 4.69) is 5.32 Å². The van der Waals surface area contributed by atoms with E-state index in [4.69, 9.17) is 4.74 Å². The summed E-state index contributed by atoms with van der Waals surface area (Å²) in [4.78, 5) is 0. The summed E-state index contributed by atoms with van der Waals surface area (Å²) in [5, 5.41) is 13.7. The van der Waals surface area contributed by atoms with E-state index in [0.29, 0.717) is 13.0 Å². The van der Waals surface area contributed by atoms with E-state index < -0.39 is 5.60 Å². The second kappa shape index (κ2) is 5.12. The van der Waals surface area contributed by atoms with Crippen LogP contribution < -0.4 is 5.32 Å². The van der Waals surface area contributed by atoms with Crippen LogP contribution in [0.15, 0.2) is 24.3 Å². The van der Waals surface area contributed by atoms with Crippen molar-refractivity contribution in [3.05, 3.63) is 35.6 Å². The van der Waals surface area contributed by atoms with Crippen molar-refractivity contribution >= 4 is 0 Å². The van der Waals surface area contributed by atoms with Crippen molar-refractivity contribution in [1.82, 2.24) is 5.32 Å². The highest BCUT2D eigenvalue weighted by molar-refractivity contribution is 5.22. The number of hydrogen-bond donors (Lipinski definition) is 2. The number of aliphatic hydroxyl groups is 1. The minimum absolute atomic E-state index is 0.142. The molecular formula is C13H18FNO2. The number of morpholine rings is 1. The lowest BCUT2D eigenvalue weighted by Gasteiger charge is -2.31. The fourth-order valence-electron chi connectivity index (χ4n) is 2.16. The molecule has 1 heterocycles. The van der Waals surface area contributed by atoms with Crippen LogP contribution >= 0.6 is 0 Å². The lowest BCUT2D eigenvalue weighted by Crippen LogP contribution is -2.45. The summed E-state index contributed by atoms with van der Waals surface area (Å²) >= 11 is 0. The molecule has 17 heavy (non-hydrogen) atoms. The number of hydrogen-bond acceptors (Lipinski definition) is 3. The van der Waals surface area contributed by atoms with Crippen LogP contribution in [-0.4, -0.2) is 30.9 Å². The molecule has 3 nitrogen and oxygen atoms in total. The molecule has 0 aromatic heterocycles. The van der Waals surface area contributed by atoms with Gasteiger partial charge in [-0.3, -0.25) is 0 Å². The SMILES string of the molecule is CC(O)(CC1COCCN1)c1ccc(F)cc1. The van der Waals surface area contributed by atoms with Crippen LogP contribution in [0.2, 0.25) is 0 Å². The molecule has 1 fully saturated rings. The molecule has 2 unspecified atom stereocenters. The Morgan fingerprint density at radius 1 is 1.47 bits per heavy atom. The lowest BCUT2D eigenvalue weighted by molar-refractivity contribution is 0.00319. The largest absolute Gasteiger partial charge is 0.385 e. The number of benzene rings is 1. The molecule has 0 spiro atoms. The van der Waals surface area contributed by atoms with Gasteiger partial charge >= 0.3 is 0 Å². The third-order valence-electron chi connectivity index (χ3n) is 3.11. The van der Waals surface area contributed by atoms with Gasteiger partial charge in [0.15, 0.2) is 0 Å². The fourth-order valence-corrected chi connectivity index (χ4v) is 2.16. The van der Waals surface area contributed by atoms with E-state index in [1.807, 2.05) is 0 Å². The standard InChI is InChI=1S/C13H18FNO2/c1-13(16,8-12-9-17-7-6-15-12)10-2-4-11(14)5-3-10/h2-5,12,15-16H,6-9H2,1H3. The van der Waals surface area contributed by atoms with E-state index in [0.717, 1.165) is 18.7 Å². The Morgan fingerprint density at radius 2 is 2.18 bits per heavy atom. The molecule has 0 saturated carbocycles. The van der Waals surface area contributed by atoms with Gasteiger partial charge in [-0.05, 0) is 31.0 Å². The number of halogens is 1. The summed E-state index contributed by atoms with van der Waals surface area (Å²) in [6.07, 6.45) is 0.554. The van der Waals surface area contributed by atoms with Crippen LogP contribution in [0.3, 0.4) is 0 Å². The molecule has 0 radical (unpaired) electrons. The van der Waals surface area contributed by atoms with Gasteiger partial charge in [0.05, 0.1) is 18.8 Å². The molecule has 1 aliphatic rings. The Hall–Kier alpha value is -0.970. The minimum Gasteiger partial charge on any atom is -0.385 e. The predicted molar refractivity (Wildman–Crippen MR) is 63.2 cm³/mol. The van der Waals surface area contributed by atoms with Gasteiger partial charge in [-0.25, -0.2) is 4.39 Å². The first-order chi connectivity index (χ1) is 8.08. The van der Waals surface area contributed by atoms with Crippen LogP contribution in [-0.2, 0) is 10.3 Å². The molecule has 2 atom stereocenters. The van der Waals surface area contributed by atoms with Crippen molar-refractivity contribution in [3.8, 4) is 0 Å². The van der Waals surface area contributed by atoms with Crippen LogP contribution in [0.5, 0.6) is 0 Å². The fraction of sp³-hybridized carbons (Fsp3) is 0.538. The Bertz CT molecular complexity index is 358. The summed E-state index contributed by atoms with van der Waals surface area (Å²) in [6, 6.07) is 6.13. The van der Waals surface area contributed by atoms with Crippen LogP contribution in [0.1, 0.15) is 18.9 Å². The number of rotatable bonds is 3. The zero-order chi connectivity index (χ0) is 12.3. The first kappa shape index (κ1) is 12.5. The molecule has 0 aliphatic carbocycles. The lowest BCUT2D eigenvalue weighted by atomic mass is 9.89. The highest BCUT2D eigenvalue weighted by Crippen LogP contribution is 2.26. The second-order valence-electron chi connectivity index (χ2n) is 4.71. The first-order valence-electron chi connectivity index (χ1n) is 5.87. The molecular weight excluding hydrogens is 221 g/mol. The average molecular weight is 239 g/mol. The maximum absolute atomic E-state index is 12.8. The normalized spacial score (nSPS) is 24.3. The molecule has 0 bridgehead atoms. The topological polar surface area (TPSA) is 41.5 Å². The van der Waals surface area contributed by atoms with E-state index in [-0.39, 0.29) is 11.9 Å². The van der Waals surface area contributed by atoms with Crippen molar-refractivity contribution in [2.45, 2.75) is 25.0 Å². The molecule has 4 heteroatoms. The van der Waals surface area contributed by atoms with Gasteiger partial charge in [0.1, 0.15) is 5.82 Å². The summed E-state index contributed by atoms with van der Waals surface area (Å²) in [5.41, 5.74) is -0.238. The molecule has 2 N–H and O–H groups in total. The van der Waals surface area contributed by atoms with Crippen LogP contribution in [0, 0.1) is 5.82 Å². The summed E-state index contributed by atoms with van der Waals surface area (Å²) in [7, 11) is 0. The van der Waals surface area contributed by atoms with E-state index in [9.17, 15) is 9.50 Å². The molecule has 1 aliphatic heterocycles. The van der Waals surface area contributed by atoms with Gasteiger partial charge in [-0.2, -0.15) is 0 Å². The van der Waals surface area contributed by atoms with Gasteiger partial charge in [0.2, 0.25) is 0 Å². The zero-order valence-corrected chi connectivity index (χ0v) is 9.95. The Labute approximate surface area is 101 Å². The number of ether oxygens (including phenoxy) is 1. The number of nitrogens with one attached hydrogen (secondary N) is 1. The van der Waals surface area contributed by atoms with Crippen molar-refractivity contribution in [2.24, 2.45) is 0 Å². The van der Waals surface area contributed by atoms with Gasteiger partial charge in [0.25, 0.3) is 0 Å². The van der Waals surface area contributed by atoms with E-state index >= 15 is 0 Å². The first-order valence-corrected chi connectivity index (χ1v) is 5.87. The molecule has 1 saturated heterocycles. The average Bonchev–Trinajstić information content (AvgIpc) is 2.30. The van der Waals surface area contributed by atoms with Gasteiger partial charge in [-0.15, -0.1) is 0 Å². The second-order valence-corrected chi connectivity index (χ2v) is 4.71. The Kier molecular flexibility index (Phi) is 3.76. The highest BCUT2D eigenvalue weighted by Gasteiger charge is 2.28. The molecule has 2 rings (SSSR count). The summed E-state index contributed by atoms with van der Waals surface area (Å²) < 4.78 is 18.2. The monoisotopic (exact) mass is 239 g/mol. The quantitative estimate of drug-likeness (QED) is 0.838. The highest BCUT2D eigenvalue weighted by atomic mass is 19.1. The maximum Gasteiger partial charge on any atom is 0.123 e. The van der Waals surface area contributed by atoms with Gasteiger partial charge in [-0.1, -0.05) is 12.1 Å². The molecule has 0 amide bonds. The summed E-state index contributed by atoms with van der Waals surface area (Å²) in [6.45, 7) is 3.88. The molecule has 1 aromatic carbocycles. The van der Waals surface area contributed by atoms with E-state index in [1.54, 1.807) is 19.1 Å². The predicted octanol–water partition coefficient (Wildman–Crippen LogP) is 1.41. The molecule has 1 aromatic rings. The van der Waals surface area contributed by atoms with Gasteiger partial charge in [0, 0.05) is 12.6 Å². The van der Waals surface area contributed by atoms with Crippen molar-refractivity contribution in [1.29, 1.82) is 0 Å². The van der Waals surface area contributed by atoms with Crippen molar-refractivity contribution in [3.63, 3.8) is 0 Å².